The van der Waals surface area contributed by atoms with Crippen molar-refractivity contribution in [3.8, 4) is 0 Å². The van der Waals surface area contributed by atoms with Crippen LogP contribution in [0.1, 0.15) is 42.5 Å². The van der Waals surface area contributed by atoms with Gasteiger partial charge < -0.3 is 19.8 Å². The second kappa shape index (κ2) is 6.92. The minimum absolute atomic E-state index is 0.0141. The Morgan fingerprint density at radius 1 is 1.12 bits per heavy atom. The van der Waals surface area contributed by atoms with E-state index >= 15 is 0 Å². The first-order chi connectivity index (χ1) is 12.1. The zero-order valence-electron chi connectivity index (χ0n) is 14.9. The summed E-state index contributed by atoms with van der Waals surface area (Å²) in [6, 6.07) is 3.70. The average molecular weight is 344 g/mol. The minimum Gasteiger partial charge on any atom is -0.387 e. The summed E-state index contributed by atoms with van der Waals surface area (Å²) in [5.41, 5.74) is -0.0764. The molecule has 1 atom stereocenters. The lowest BCUT2D eigenvalue weighted by Crippen LogP contribution is -2.45. The van der Waals surface area contributed by atoms with Crippen molar-refractivity contribution in [3.63, 3.8) is 0 Å². The number of carbonyl (C=O) groups is 1. The van der Waals surface area contributed by atoms with Crippen molar-refractivity contribution in [1.82, 2.24) is 14.8 Å². The number of rotatable bonds is 4. The number of nitrogens with zero attached hydrogens (tertiary/aromatic N) is 4. The zero-order valence-corrected chi connectivity index (χ0v) is 14.9. The molecule has 25 heavy (non-hydrogen) atoms. The van der Waals surface area contributed by atoms with Crippen molar-refractivity contribution in [2.75, 3.05) is 50.7 Å². The number of likely N-dealkylation sites (tertiary alicyclic amines) is 2. The maximum Gasteiger partial charge on any atom is 0.254 e. The third-order valence-electron chi connectivity index (χ3n) is 5.76. The smallest absolute Gasteiger partial charge is 0.254 e. The lowest BCUT2D eigenvalue weighted by atomic mass is 10.0. The van der Waals surface area contributed by atoms with Crippen LogP contribution < -0.4 is 4.90 Å². The molecule has 6 heteroatoms. The molecule has 1 amide bonds. The highest BCUT2D eigenvalue weighted by molar-refractivity contribution is 5.95. The van der Waals surface area contributed by atoms with Crippen LogP contribution in [0.5, 0.6) is 0 Å². The highest BCUT2D eigenvalue weighted by Crippen LogP contribution is 2.26. The molecular formula is C19H28N4O2. The van der Waals surface area contributed by atoms with Crippen LogP contribution in [-0.4, -0.2) is 77.2 Å². The van der Waals surface area contributed by atoms with Crippen molar-refractivity contribution in [2.45, 2.75) is 37.7 Å². The molecule has 1 N–H and O–H groups in total. The van der Waals surface area contributed by atoms with Gasteiger partial charge in [-0.15, -0.1) is 0 Å². The van der Waals surface area contributed by atoms with Crippen molar-refractivity contribution >= 4 is 11.7 Å². The molecule has 0 unspecified atom stereocenters. The molecule has 3 aliphatic heterocycles. The second-order valence-electron chi connectivity index (χ2n) is 7.78. The molecule has 6 nitrogen and oxygen atoms in total. The van der Waals surface area contributed by atoms with Crippen LogP contribution in [-0.2, 0) is 0 Å². The minimum atomic E-state index is -0.759. The second-order valence-corrected chi connectivity index (χ2v) is 7.78. The fourth-order valence-electron chi connectivity index (χ4n) is 4.37. The van der Waals surface area contributed by atoms with E-state index in [1.807, 2.05) is 6.07 Å². The van der Waals surface area contributed by atoms with Crippen molar-refractivity contribution in [1.29, 1.82) is 0 Å². The standard InChI is InChI=1S/C19H28N4O2/c24-18(16-5-7-20-17(13-16)22-10-3-4-11-22)23-12-6-19(25,15-23)14-21-8-1-2-9-21/h5,7,13,25H,1-4,6,8-12,14-15H2/t19-/m0/s1. The summed E-state index contributed by atoms with van der Waals surface area (Å²) in [7, 11) is 0. The van der Waals surface area contributed by atoms with Gasteiger partial charge in [0.05, 0.1) is 12.1 Å². The molecule has 0 saturated carbocycles. The Morgan fingerprint density at radius 3 is 2.60 bits per heavy atom. The zero-order chi connectivity index (χ0) is 17.3. The molecule has 0 aliphatic carbocycles. The Balaban J connectivity index is 1.42. The molecule has 0 radical (unpaired) electrons. The number of amides is 1. The van der Waals surface area contributed by atoms with Crippen LogP contribution in [0.4, 0.5) is 5.82 Å². The summed E-state index contributed by atoms with van der Waals surface area (Å²) >= 11 is 0. The van der Waals surface area contributed by atoms with Crippen LogP contribution in [0.25, 0.3) is 0 Å². The monoisotopic (exact) mass is 344 g/mol. The SMILES string of the molecule is O=C(c1ccnc(N2CCCC2)c1)N1CC[C@](O)(CN2CCCC2)C1. The Hall–Kier alpha value is -1.66. The normalized spacial score (nSPS) is 27.4. The third kappa shape index (κ3) is 3.65. The first kappa shape index (κ1) is 16.8. The van der Waals surface area contributed by atoms with Gasteiger partial charge in [0.15, 0.2) is 0 Å². The number of pyridine rings is 1. The molecule has 4 rings (SSSR count). The Bertz CT molecular complexity index is 626. The molecular weight excluding hydrogens is 316 g/mol. The van der Waals surface area contributed by atoms with E-state index in [1.54, 1.807) is 17.2 Å². The van der Waals surface area contributed by atoms with E-state index in [-0.39, 0.29) is 5.91 Å². The van der Waals surface area contributed by atoms with Crippen molar-refractivity contribution < 1.29 is 9.90 Å². The third-order valence-corrected chi connectivity index (χ3v) is 5.76. The number of hydrogen-bond acceptors (Lipinski definition) is 5. The van der Waals surface area contributed by atoms with Crippen LogP contribution in [0.15, 0.2) is 18.3 Å². The van der Waals surface area contributed by atoms with Crippen LogP contribution in [0, 0.1) is 0 Å². The summed E-state index contributed by atoms with van der Waals surface area (Å²) in [5, 5.41) is 10.9. The lowest BCUT2D eigenvalue weighted by Gasteiger charge is -2.28. The van der Waals surface area contributed by atoms with E-state index in [9.17, 15) is 9.90 Å². The summed E-state index contributed by atoms with van der Waals surface area (Å²) in [4.78, 5) is 23.7. The van der Waals surface area contributed by atoms with E-state index in [4.69, 9.17) is 0 Å². The topological polar surface area (TPSA) is 59.9 Å². The fraction of sp³-hybridized carbons (Fsp3) is 0.684. The molecule has 1 aromatic rings. The van der Waals surface area contributed by atoms with E-state index in [1.165, 1.54) is 25.7 Å². The number of β-amino-alcohol motifs (C(OH)–C–C–N with tert-alkyl or cyclic N) is 1. The van der Waals surface area contributed by atoms with E-state index in [0.29, 0.717) is 31.6 Å². The van der Waals surface area contributed by atoms with Crippen LogP contribution in [0.3, 0.4) is 0 Å². The van der Waals surface area contributed by atoms with Gasteiger partial charge >= 0.3 is 0 Å². The Labute approximate surface area is 149 Å². The molecule has 4 heterocycles. The Kier molecular flexibility index (Phi) is 4.65. The quantitative estimate of drug-likeness (QED) is 0.894. The van der Waals surface area contributed by atoms with Gasteiger partial charge in [-0.25, -0.2) is 4.98 Å². The number of aliphatic hydroxyl groups is 1. The van der Waals surface area contributed by atoms with Gasteiger partial charge in [-0.05, 0) is 57.3 Å². The number of carbonyl (C=O) groups excluding carboxylic acids is 1. The van der Waals surface area contributed by atoms with Gasteiger partial charge in [0.1, 0.15) is 5.82 Å². The number of aromatic nitrogens is 1. The highest BCUT2D eigenvalue weighted by Gasteiger charge is 2.40. The van der Waals surface area contributed by atoms with Gasteiger partial charge in [0.25, 0.3) is 5.91 Å². The van der Waals surface area contributed by atoms with Gasteiger partial charge in [-0.2, -0.15) is 0 Å². The number of hydrogen-bond donors (Lipinski definition) is 1. The van der Waals surface area contributed by atoms with Gasteiger partial charge in [-0.3, -0.25) is 4.79 Å². The van der Waals surface area contributed by atoms with E-state index in [2.05, 4.69) is 14.8 Å². The summed E-state index contributed by atoms with van der Waals surface area (Å²) in [6.07, 6.45) is 7.21. The Morgan fingerprint density at radius 2 is 1.84 bits per heavy atom. The molecule has 1 aromatic heterocycles. The first-order valence-electron chi connectivity index (χ1n) is 9.58. The fourth-order valence-corrected chi connectivity index (χ4v) is 4.37. The van der Waals surface area contributed by atoms with Crippen LogP contribution in [0.2, 0.25) is 0 Å². The molecule has 136 valence electrons. The summed E-state index contributed by atoms with van der Waals surface area (Å²) in [5.74, 6) is 0.912. The molecule has 3 fully saturated rings. The van der Waals surface area contributed by atoms with Crippen LogP contribution >= 0.6 is 0 Å². The van der Waals surface area contributed by atoms with Gasteiger partial charge in [-0.1, -0.05) is 0 Å². The predicted molar refractivity (Wildman–Crippen MR) is 96.8 cm³/mol. The molecule has 0 aromatic carbocycles. The predicted octanol–water partition coefficient (Wildman–Crippen LogP) is 1.35. The molecule has 0 bridgehead atoms. The van der Waals surface area contributed by atoms with Gasteiger partial charge in [0.2, 0.25) is 0 Å². The van der Waals surface area contributed by atoms with E-state index < -0.39 is 5.60 Å². The lowest BCUT2D eigenvalue weighted by molar-refractivity contribution is 0.0175. The number of anilines is 1. The van der Waals surface area contributed by atoms with Crippen molar-refractivity contribution in [3.05, 3.63) is 23.9 Å². The average Bonchev–Trinajstić information content (AvgIpc) is 3.36. The van der Waals surface area contributed by atoms with E-state index in [0.717, 1.165) is 32.0 Å². The first-order valence-corrected chi connectivity index (χ1v) is 9.58. The molecule has 3 saturated heterocycles. The maximum atomic E-state index is 12.9. The van der Waals surface area contributed by atoms with Gasteiger partial charge in [0, 0.05) is 37.9 Å². The van der Waals surface area contributed by atoms with Crippen molar-refractivity contribution in [2.24, 2.45) is 0 Å². The largest absolute Gasteiger partial charge is 0.387 e. The molecule has 3 aliphatic rings. The summed E-state index contributed by atoms with van der Waals surface area (Å²) in [6.45, 7) is 5.92. The molecule has 0 spiro atoms. The summed E-state index contributed by atoms with van der Waals surface area (Å²) < 4.78 is 0. The maximum absolute atomic E-state index is 12.9. The highest BCUT2D eigenvalue weighted by atomic mass is 16.3.